The highest BCUT2D eigenvalue weighted by molar-refractivity contribution is 8.01. The fourth-order valence-corrected chi connectivity index (χ4v) is 6.33. The Morgan fingerprint density at radius 1 is 1.15 bits per heavy atom. The zero-order valence-electron chi connectivity index (χ0n) is 20.5. The van der Waals surface area contributed by atoms with Crippen LogP contribution in [0.3, 0.4) is 0 Å². The molecule has 0 fully saturated rings. The summed E-state index contributed by atoms with van der Waals surface area (Å²) in [5.41, 5.74) is 4.18. The number of carbonyl (C=O) groups is 2. The predicted molar refractivity (Wildman–Crippen MR) is 153 cm³/mol. The monoisotopic (exact) mass is 604 g/mol. The maximum absolute atomic E-state index is 12.8. The van der Waals surface area contributed by atoms with Crippen molar-refractivity contribution in [2.45, 2.75) is 16.2 Å². The van der Waals surface area contributed by atoms with Gasteiger partial charge in [0, 0.05) is 12.6 Å². The second-order valence-corrected chi connectivity index (χ2v) is 12.0. The van der Waals surface area contributed by atoms with Crippen LogP contribution in [0, 0.1) is 0 Å². The normalized spacial score (nSPS) is 11.5. The van der Waals surface area contributed by atoms with Crippen molar-refractivity contribution in [3.8, 4) is 11.5 Å². The number of amides is 2. The third-order valence-electron chi connectivity index (χ3n) is 4.91. The van der Waals surface area contributed by atoms with Gasteiger partial charge in [-0.15, -0.1) is 11.3 Å². The number of thiazole rings is 1. The Labute approximate surface area is 237 Å². The van der Waals surface area contributed by atoms with Crippen LogP contribution in [0.4, 0.5) is 5.69 Å². The van der Waals surface area contributed by atoms with E-state index in [0.717, 1.165) is 14.6 Å². The summed E-state index contributed by atoms with van der Waals surface area (Å²) in [6.45, 7) is 1.34. The van der Waals surface area contributed by atoms with E-state index in [1.54, 1.807) is 0 Å². The molecule has 39 heavy (non-hydrogen) atoms. The predicted octanol–water partition coefficient (Wildman–Crippen LogP) is 4.93. The molecule has 0 bridgehead atoms. The molecule has 0 aliphatic carbocycles. The number of hydrazone groups is 1. The van der Waals surface area contributed by atoms with Crippen LogP contribution in [0.25, 0.3) is 10.2 Å². The molecule has 2 N–H and O–H groups in total. The first-order valence-corrected chi connectivity index (χ1v) is 14.7. The van der Waals surface area contributed by atoms with Gasteiger partial charge in [0.2, 0.25) is 11.7 Å². The molecule has 0 spiro atoms. The van der Waals surface area contributed by atoms with Crippen LogP contribution in [-0.4, -0.2) is 44.3 Å². The zero-order valence-corrected chi connectivity index (χ0v) is 23.7. The van der Waals surface area contributed by atoms with E-state index >= 15 is 0 Å². The number of fused-ring (bicyclic) bond motifs is 1. The van der Waals surface area contributed by atoms with Gasteiger partial charge in [-0.1, -0.05) is 35.5 Å². The molecule has 3 aromatic carbocycles. The maximum Gasteiger partial charge on any atom is 0.339 e. The Hall–Kier alpha value is -3.65. The number of benzene rings is 3. The highest BCUT2D eigenvalue weighted by Gasteiger charge is 2.22. The summed E-state index contributed by atoms with van der Waals surface area (Å²) < 4.78 is 38.0. The third kappa shape index (κ3) is 7.47. The zero-order chi connectivity index (χ0) is 28.0. The number of thioether (sulfide) groups is 1. The Morgan fingerprint density at radius 2 is 1.90 bits per heavy atom. The van der Waals surface area contributed by atoms with Crippen LogP contribution in [0.2, 0.25) is 5.02 Å². The Balaban J connectivity index is 1.39. The van der Waals surface area contributed by atoms with Gasteiger partial charge in [-0.05, 0) is 54.1 Å². The minimum atomic E-state index is -4.27. The van der Waals surface area contributed by atoms with E-state index in [1.165, 1.54) is 79.7 Å². The van der Waals surface area contributed by atoms with Crippen molar-refractivity contribution in [3.05, 3.63) is 71.2 Å². The summed E-state index contributed by atoms with van der Waals surface area (Å²) in [4.78, 5) is 27.7. The molecular weight excluding hydrogens is 584 g/mol. The van der Waals surface area contributed by atoms with Crippen LogP contribution < -0.4 is 19.7 Å². The van der Waals surface area contributed by atoms with Crippen molar-refractivity contribution >= 4 is 78.8 Å². The molecule has 10 nitrogen and oxygen atoms in total. The molecule has 1 heterocycles. The van der Waals surface area contributed by atoms with Crippen LogP contribution in [0.15, 0.2) is 75.0 Å². The largest absolute Gasteiger partial charge is 0.493 e. The van der Waals surface area contributed by atoms with E-state index in [4.69, 9.17) is 20.5 Å². The first-order chi connectivity index (χ1) is 18.6. The number of hydrogen-bond acceptors (Lipinski definition) is 10. The van der Waals surface area contributed by atoms with E-state index in [2.05, 4.69) is 20.8 Å². The number of aromatic nitrogens is 1. The summed E-state index contributed by atoms with van der Waals surface area (Å²) in [5, 5.41) is 6.44. The lowest BCUT2D eigenvalue weighted by Gasteiger charge is -2.13. The van der Waals surface area contributed by atoms with E-state index in [9.17, 15) is 18.0 Å². The van der Waals surface area contributed by atoms with Crippen molar-refractivity contribution in [3.63, 3.8) is 0 Å². The Morgan fingerprint density at radius 3 is 2.59 bits per heavy atom. The van der Waals surface area contributed by atoms with E-state index in [-0.39, 0.29) is 39.0 Å². The van der Waals surface area contributed by atoms with E-state index in [1.807, 2.05) is 24.3 Å². The number of nitrogens with one attached hydrogen (secondary N) is 2. The van der Waals surface area contributed by atoms with Crippen molar-refractivity contribution < 1.29 is 26.9 Å². The summed E-state index contributed by atoms with van der Waals surface area (Å²) in [6.07, 6.45) is 1.34. The average molecular weight is 605 g/mol. The van der Waals surface area contributed by atoms with Gasteiger partial charge >= 0.3 is 10.1 Å². The Bertz CT molecular complexity index is 1620. The molecule has 4 aromatic rings. The molecule has 0 radical (unpaired) electrons. The van der Waals surface area contributed by atoms with Crippen LogP contribution >= 0.6 is 34.7 Å². The highest BCUT2D eigenvalue weighted by atomic mass is 35.5. The van der Waals surface area contributed by atoms with Crippen LogP contribution in [-0.2, 0) is 19.7 Å². The van der Waals surface area contributed by atoms with Crippen LogP contribution in [0.1, 0.15) is 12.5 Å². The van der Waals surface area contributed by atoms with Gasteiger partial charge in [-0.25, -0.2) is 10.4 Å². The van der Waals surface area contributed by atoms with Crippen molar-refractivity contribution in [1.29, 1.82) is 0 Å². The van der Waals surface area contributed by atoms with Gasteiger partial charge in [0.1, 0.15) is 4.90 Å². The van der Waals surface area contributed by atoms with Crippen molar-refractivity contribution in [2.24, 2.45) is 5.10 Å². The number of methoxy groups -OCH3 is 1. The van der Waals surface area contributed by atoms with E-state index in [0.29, 0.717) is 11.3 Å². The SMILES string of the molecule is COc1cc(C=NNC(=O)CSc2nc3ccccc3s2)cc(Cl)c1OS(=O)(=O)c1ccc(NC(C)=O)cc1. The average Bonchev–Trinajstić information content (AvgIpc) is 3.32. The second-order valence-electron chi connectivity index (χ2n) is 7.81. The molecule has 0 aliphatic heterocycles. The molecule has 0 unspecified atom stereocenters. The molecule has 14 heteroatoms. The molecule has 0 saturated carbocycles. The lowest BCUT2D eigenvalue weighted by Crippen LogP contribution is -2.19. The molecule has 4 rings (SSSR count). The lowest BCUT2D eigenvalue weighted by atomic mass is 10.2. The number of nitrogens with zero attached hydrogens (tertiary/aromatic N) is 2. The molecule has 2 amide bonds. The summed E-state index contributed by atoms with van der Waals surface area (Å²) in [7, 11) is -2.94. The number of rotatable bonds is 10. The standard InChI is InChI=1S/C25H21ClN4O6S3/c1-15(31)28-17-7-9-18(10-8-17)39(33,34)36-24-19(26)11-16(12-21(24)35-2)13-27-30-23(32)14-37-25-29-20-5-3-4-6-22(20)38-25/h3-13H,14H2,1-2H3,(H,28,31)(H,30,32). The molecular formula is C25H21ClN4O6S3. The summed E-state index contributed by atoms with van der Waals surface area (Å²) >= 11 is 9.12. The maximum atomic E-state index is 12.8. The first kappa shape index (κ1) is 28.4. The fourth-order valence-electron chi connectivity index (χ4n) is 3.21. The van der Waals surface area contributed by atoms with Gasteiger partial charge in [0.15, 0.2) is 10.1 Å². The summed E-state index contributed by atoms with van der Waals surface area (Å²) in [6, 6.07) is 16.1. The van der Waals surface area contributed by atoms with Crippen molar-refractivity contribution in [1.82, 2.24) is 10.4 Å². The van der Waals surface area contributed by atoms with Gasteiger partial charge in [-0.2, -0.15) is 13.5 Å². The molecule has 1 aromatic heterocycles. The smallest absolute Gasteiger partial charge is 0.339 e. The van der Waals surface area contributed by atoms with Crippen molar-refractivity contribution in [2.75, 3.05) is 18.2 Å². The van der Waals surface area contributed by atoms with Gasteiger partial charge < -0.3 is 14.2 Å². The number of hydrogen-bond donors (Lipinski definition) is 2. The minimum Gasteiger partial charge on any atom is -0.493 e. The van der Waals surface area contributed by atoms with Gasteiger partial charge in [-0.3, -0.25) is 9.59 Å². The minimum absolute atomic E-state index is 0.0418. The molecule has 0 aliphatic rings. The Kier molecular flexibility index (Phi) is 9.07. The quantitative estimate of drug-likeness (QED) is 0.113. The molecule has 202 valence electrons. The number of anilines is 1. The third-order valence-corrected chi connectivity index (χ3v) is 8.61. The number of ether oxygens (including phenoxy) is 1. The van der Waals surface area contributed by atoms with Gasteiger partial charge in [0.25, 0.3) is 5.91 Å². The number of carbonyl (C=O) groups excluding carboxylic acids is 2. The van der Waals surface area contributed by atoms with E-state index < -0.39 is 10.1 Å². The fraction of sp³-hybridized carbons (Fsp3) is 0.120. The lowest BCUT2D eigenvalue weighted by molar-refractivity contribution is -0.118. The number of halogens is 1. The topological polar surface area (TPSA) is 136 Å². The van der Waals surface area contributed by atoms with Gasteiger partial charge in [0.05, 0.1) is 34.3 Å². The summed E-state index contributed by atoms with van der Waals surface area (Å²) in [5.74, 6) is -0.662. The molecule has 0 saturated heterocycles. The van der Waals surface area contributed by atoms with Crippen LogP contribution in [0.5, 0.6) is 11.5 Å². The second kappa shape index (κ2) is 12.5. The molecule has 0 atom stereocenters. The number of para-hydroxylation sites is 1. The highest BCUT2D eigenvalue weighted by Crippen LogP contribution is 2.38. The first-order valence-electron chi connectivity index (χ1n) is 11.1.